The van der Waals surface area contributed by atoms with E-state index in [0.29, 0.717) is 21.6 Å². The first-order valence-corrected chi connectivity index (χ1v) is 6.54. The number of hydrogen-bond donors (Lipinski definition) is 2. The maximum Gasteiger partial charge on any atom is 0.339 e. The first-order chi connectivity index (χ1) is 9.58. The van der Waals surface area contributed by atoms with Crippen molar-refractivity contribution in [2.24, 2.45) is 5.73 Å². The van der Waals surface area contributed by atoms with Crippen molar-refractivity contribution in [1.29, 1.82) is 0 Å². The predicted molar refractivity (Wildman–Crippen MR) is 72.6 cm³/mol. The quantitative estimate of drug-likeness (QED) is 0.517. The smallest absolute Gasteiger partial charge is 0.339 e. The number of nitrogens with zero attached hydrogens (tertiary/aromatic N) is 1. The number of ether oxygens (including phenoxy) is 1. The second-order valence-electron chi connectivity index (χ2n) is 3.78. The Kier molecular flexibility index (Phi) is 4.30. The Bertz CT molecular complexity index is 639. The lowest BCUT2D eigenvalue weighted by Gasteiger charge is -2.14. The second kappa shape index (κ2) is 6.14. The van der Waals surface area contributed by atoms with Gasteiger partial charge in [-0.25, -0.2) is 4.79 Å². The summed E-state index contributed by atoms with van der Waals surface area (Å²) in [5.41, 5.74) is 4.93. The fourth-order valence-corrected chi connectivity index (χ4v) is 1.91. The number of amides is 2. The largest absolute Gasteiger partial charge is 0.452 e. The summed E-state index contributed by atoms with van der Waals surface area (Å²) < 4.78 is 10.8. The van der Waals surface area contributed by atoms with E-state index in [4.69, 9.17) is 14.9 Å². The summed E-state index contributed by atoms with van der Waals surface area (Å²) in [6.45, 7) is 1.53. The van der Waals surface area contributed by atoms with E-state index in [1.807, 2.05) is 17.5 Å². The van der Waals surface area contributed by atoms with Gasteiger partial charge in [0.15, 0.2) is 10.8 Å². The number of rotatable bonds is 3. The highest BCUT2D eigenvalue weighted by atomic mass is 32.1. The highest BCUT2D eigenvalue weighted by Crippen LogP contribution is 2.29. The van der Waals surface area contributed by atoms with Gasteiger partial charge in [0.2, 0.25) is 5.76 Å². The number of urea groups is 1. The van der Waals surface area contributed by atoms with Gasteiger partial charge < -0.3 is 14.9 Å². The molecule has 6 nitrogen and oxygen atoms in total. The monoisotopic (exact) mass is 292 g/mol. The lowest BCUT2D eigenvalue weighted by Crippen LogP contribution is -2.38. The molecule has 0 fully saturated rings. The topological polar surface area (TPSA) is 88.9 Å². The maximum atomic E-state index is 10.8. The van der Waals surface area contributed by atoms with E-state index >= 15 is 0 Å². The number of nitrogens with two attached hydrogens (primary N) is 1. The highest BCUT2D eigenvalue weighted by Gasteiger charge is 2.13. The van der Waals surface area contributed by atoms with Gasteiger partial charge in [-0.15, -0.1) is 11.3 Å². The molecule has 0 radical (unpaired) electrons. The normalized spacial score (nSPS) is 11.3. The Labute approximate surface area is 119 Å². The highest BCUT2D eigenvalue weighted by molar-refractivity contribution is 7.11. The summed E-state index contributed by atoms with van der Waals surface area (Å²) in [4.78, 5) is 10.8. The van der Waals surface area contributed by atoms with E-state index in [2.05, 4.69) is 11.8 Å². The fourth-order valence-electron chi connectivity index (χ4n) is 1.32. The summed E-state index contributed by atoms with van der Waals surface area (Å²) >= 11 is 1.44. The van der Waals surface area contributed by atoms with E-state index in [9.17, 15) is 10.0 Å². The molecule has 0 saturated heterocycles. The molecule has 104 valence electrons. The molecule has 7 heteroatoms. The molecule has 20 heavy (non-hydrogen) atoms. The molecule has 2 aromatic rings. The van der Waals surface area contributed by atoms with Crippen LogP contribution >= 0.6 is 11.3 Å². The van der Waals surface area contributed by atoms with Crippen LogP contribution in [-0.4, -0.2) is 22.3 Å². The number of carbonyl (C=O) groups is 1. The van der Waals surface area contributed by atoms with Gasteiger partial charge in [-0.1, -0.05) is 5.92 Å². The third kappa shape index (κ3) is 3.32. The van der Waals surface area contributed by atoms with Crippen LogP contribution in [0.4, 0.5) is 4.79 Å². The first-order valence-electron chi connectivity index (χ1n) is 5.66. The van der Waals surface area contributed by atoms with E-state index in [1.165, 1.54) is 24.5 Å². The summed E-state index contributed by atoms with van der Waals surface area (Å²) in [6.07, 6.45) is 1.45. The lowest BCUT2D eigenvalue weighted by molar-refractivity contribution is -0.0536. The number of thiophene rings is 1. The molecule has 2 aromatic heterocycles. The van der Waals surface area contributed by atoms with Crippen molar-refractivity contribution in [2.75, 3.05) is 0 Å². The number of hydroxylamine groups is 2. The molecule has 2 heterocycles. The minimum atomic E-state index is -0.971. The molecule has 0 spiro atoms. The van der Waals surface area contributed by atoms with Gasteiger partial charge in [0.1, 0.15) is 6.04 Å². The first kappa shape index (κ1) is 14.0. The van der Waals surface area contributed by atoms with Gasteiger partial charge in [0.05, 0.1) is 6.26 Å². The van der Waals surface area contributed by atoms with Gasteiger partial charge in [0.25, 0.3) is 0 Å². The summed E-state index contributed by atoms with van der Waals surface area (Å²) in [6, 6.07) is 3.59. The number of hydrogen-bond acceptors (Lipinski definition) is 5. The Balaban J connectivity index is 2.11. The molecule has 2 amide bonds. The van der Waals surface area contributed by atoms with E-state index < -0.39 is 12.1 Å². The Hall–Kier alpha value is -2.43. The molecule has 0 saturated carbocycles. The molecule has 0 bridgehead atoms. The molecule has 0 aliphatic heterocycles. The molecule has 0 aliphatic rings. The summed E-state index contributed by atoms with van der Waals surface area (Å²) in [7, 11) is 0. The maximum absolute atomic E-state index is 10.8. The standard InChI is InChI=1S/C13H12N2O4S/c1-9(15(17)13(14)16)4-5-10-11(6-7-18-10)19-12-3-2-8-20-12/h2-3,6-9,17H,1H3,(H2,14,16). The Morgan fingerprint density at radius 3 is 3.05 bits per heavy atom. The summed E-state index contributed by atoms with van der Waals surface area (Å²) in [5, 5.41) is 12.2. The molecule has 1 atom stereocenters. The van der Waals surface area contributed by atoms with Crippen LogP contribution < -0.4 is 10.5 Å². The van der Waals surface area contributed by atoms with Crippen LogP contribution in [0.25, 0.3) is 0 Å². The van der Waals surface area contributed by atoms with E-state index in [-0.39, 0.29) is 0 Å². The molecule has 3 N–H and O–H groups in total. The van der Waals surface area contributed by atoms with E-state index in [0.717, 1.165) is 0 Å². The van der Waals surface area contributed by atoms with Crippen molar-refractivity contribution in [1.82, 2.24) is 5.06 Å². The number of furan rings is 1. The van der Waals surface area contributed by atoms with Crippen LogP contribution in [0.5, 0.6) is 10.8 Å². The average molecular weight is 292 g/mol. The van der Waals surface area contributed by atoms with Crippen LogP contribution in [0.3, 0.4) is 0 Å². The molecular formula is C13H12N2O4S. The zero-order chi connectivity index (χ0) is 14.5. The van der Waals surface area contributed by atoms with Crippen LogP contribution in [0.15, 0.2) is 34.3 Å². The van der Waals surface area contributed by atoms with Gasteiger partial charge in [0, 0.05) is 6.07 Å². The summed E-state index contributed by atoms with van der Waals surface area (Å²) in [5.74, 6) is 6.11. The lowest BCUT2D eigenvalue weighted by atomic mass is 10.3. The van der Waals surface area contributed by atoms with Crippen molar-refractivity contribution in [2.45, 2.75) is 13.0 Å². The van der Waals surface area contributed by atoms with Crippen molar-refractivity contribution in [3.8, 4) is 22.7 Å². The van der Waals surface area contributed by atoms with Gasteiger partial charge >= 0.3 is 6.03 Å². The van der Waals surface area contributed by atoms with Crippen molar-refractivity contribution < 1.29 is 19.2 Å². The van der Waals surface area contributed by atoms with Crippen LogP contribution in [0.2, 0.25) is 0 Å². The molecule has 2 rings (SSSR count). The van der Waals surface area contributed by atoms with Gasteiger partial charge in [-0.05, 0) is 30.4 Å². The zero-order valence-corrected chi connectivity index (χ0v) is 11.4. The van der Waals surface area contributed by atoms with Gasteiger partial charge in [-0.2, -0.15) is 5.06 Å². The third-order valence-electron chi connectivity index (χ3n) is 2.32. The van der Waals surface area contributed by atoms with E-state index in [1.54, 1.807) is 6.07 Å². The van der Waals surface area contributed by atoms with Crippen LogP contribution in [0.1, 0.15) is 12.7 Å². The SMILES string of the molecule is CC(C#Cc1occc1Oc1cccs1)N(O)C(N)=O. The van der Waals surface area contributed by atoms with Crippen LogP contribution in [0, 0.1) is 11.8 Å². The molecule has 0 aromatic carbocycles. The molecule has 1 unspecified atom stereocenters. The fraction of sp³-hybridized carbons (Fsp3) is 0.154. The van der Waals surface area contributed by atoms with Gasteiger partial charge in [-0.3, -0.25) is 5.21 Å². The van der Waals surface area contributed by atoms with Crippen LogP contribution in [-0.2, 0) is 0 Å². The Morgan fingerprint density at radius 1 is 1.60 bits per heavy atom. The average Bonchev–Trinajstić information content (AvgIpc) is 3.07. The molecular weight excluding hydrogens is 280 g/mol. The predicted octanol–water partition coefficient (Wildman–Crippen LogP) is 2.64. The minimum Gasteiger partial charge on any atom is -0.452 e. The zero-order valence-electron chi connectivity index (χ0n) is 10.6. The molecule has 0 aliphatic carbocycles. The Morgan fingerprint density at radius 2 is 2.40 bits per heavy atom. The number of carbonyl (C=O) groups excluding carboxylic acids is 1. The minimum absolute atomic E-state index is 0.308. The van der Waals surface area contributed by atoms with Crippen molar-refractivity contribution >= 4 is 17.4 Å². The van der Waals surface area contributed by atoms with Crippen molar-refractivity contribution in [3.63, 3.8) is 0 Å². The van der Waals surface area contributed by atoms with Crippen molar-refractivity contribution in [3.05, 3.63) is 35.6 Å². The number of primary amides is 1. The second-order valence-corrected chi connectivity index (χ2v) is 4.69. The third-order valence-corrected chi connectivity index (χ3v) is 3.07.